The molecule has 150 valence electrons. The highest BCUT2D eigenvalue weighted by molar-refractivity contribution is 9.10. The van der Waals surface area contributed by atoms with Crippen LogP contribution in [0, 0.1) is 6.92 Å². The zero-order valence-electron chi connectivity index (χ0n) is 16.5. The zero-order chi connectivity index (χ0) is 19.9. The molecule has 1 aliphatic rings. The average Bonchev–Trinajstić information content (AvgIpc) is 2.73. The summed E-state index contributed by atoms with van der Waals surface area (Å²) in [6.07, 6.45) is 4.58. The Morgan fingerprint density at radius 3 is 2.64 bits per heavy atom. The van der Waals surface area contributed by atoms with E-state index in [1.165, 1.54) is 5.56 Å². The summed E-state index contributed by atoms with van der Waals surface area (Å²) in [6.45, 7) is 6.19. The van der Waals surface area contributed by atoms with Gasteiger partial charge in [0.2, 0.25) is 11.8 Å². The van der Waals surface area contributed by atoms with Gasteiger partial charge in [0.15, 0.2) is 5.96 Å². The van der Waals surface area contributed by atoms with Crippen molar-refractivity contribution in [3.63, 3.8) is 0 Å². The number of ether oxygens (including phenoxy) is 1. The largest absolute Gasteiger partial charge is 0.480 e. The highest BCUT2D eigenvalue weighted by Crippen LogP contribution is 2.23. The Morgan fingerprint density at radius 2 is 2.00 bits per heavy atom. The number of guanidine groups is 1. The van der Waals surface area contributed by atoms with Gasteiger partial charge in [-0.05, 0) is 40.9 Å². The van der Waals surface area contributed by atoms with Crippen molar-refractivity contribution in [1.29, 1.82) is 0 Å². The Hall–Kier alpha value is -2.42. The second-order valence-electron chi connectivity index (χ2n) is 6.53. The molecule has 0 bridgehead atoms. The van der Waals surface area contributed by atoms with E-state index in [1.54, 1.807) is 13.3 Å². The highest BCUT2D eigenvalue weighted by atomic mass is 79.9. The van der Waals surface area contributed by atoms with Gasteiger partial charge in [-0.2, -0.15) is 4.98 Å². The Kier molecular flexibility index (Phi) is 7.02. The van der Waals surface area contributed by atoms with Gasteiger partial charge in [-0.1, -0.05) is 6.07 Å². The van der Waals surface area contributed by atoms with Gasteiger partial charge < -0.3 is 19.9 Å². The molecule has 1 saturated heterocycles. The van der Waals surface area contributed by atoms with Crippen molar-refractivity contribution >= 4 is 27.8 Å². The van der Waals surface area contributed by atoms with Gasteiger partial charge in [0.25, 0.3) is 0 Å². The van der Waals surface area contributed by atoms with E-state index in [4.69, 9.17) is 4.74 Å². The van der Waals surface area contributed by atoms with E-state index >= 15 is 0 Å². The lowest BCUT2D eigenvalue weighted by molar-refractivity contribution is 0.366. The minimum absolute atomic E-state index is 0.551. The second-order valence-corrected chi connectivity index (χ2v) is 7.39. The van der Waals surface area contributed by atoms with Crippen LogP contribution in [0.2, 0.25) is 0 Å². The van der Waals surface area contributed by atoms with Crippen molar-refractivity contribution in [2.45, 2.75) is 13.3 Å². The SMILES string of the molecule is CN=C(NCCc1ccc(C)nc1)N1CCN(c2ncc(Br)c(OC)n2)CC1. The van der Waals surface area contributed by atoms with Crippen molar-refractivity contribution in [2.75, 3.05) is 51.8 Å². The highest BCUT2D eigenvalue weighted by Gasteiger charge is 2.22. The summed E-state index contributed by atoms with van der Waals surface area (Å²) in [6, 6.07) is 4.17. The molecular weight excluding hydrogens is 422 g/mol. The van der Waals surface area contributed by atoms with Gasteiger partial charge in [0.05, 0.1) is 17.8 Å². The molecule has 8 nitrogen and oxygen atoms in total. The standard InChI is InChI=1S/C19H26BrN7O/c1-14-4-5-15(12-23-14)6-7-22-18(21-2)26-8-10-27(11-9-26)19-24-13-16(20)17(25-19)28-3/h4-5,12-13H,6-11H2,1-3H3,(H,21,22). The first-order chi connectivity index (χ1) is 13.6. The quantitative estimate of drug-likeness (QED) is 0.553. The number of nitrogens with zero attached hydrogens (tertiary/aromatic N) is 6. The topological polar surface area (TPSA) is 78.8 Å². The molecule has 0 spiro atoms. The van der Waals surface area contributed by atoms with Crippen molar-refractivity contribution in [2.24, 2.45) is 4.99 Å². The third kappa shape index (κ3) is 5.09. The van der Waals surface area contributed by atoms with E-state index < -0.39 is 0 Å². The number of aliphatic imine (C=N–C) groups is 1. The normalized spacial score (nSPS) is 14.9. The molecular formula is C19H26BrN7O. The maximum absolute atomic E-state index is 5.27. The number of hydrogen-bond acceptors (Lipinski definition) is 6. The molecule has 28 heavy (non-hydrogen) atoms. The van der Waals surface area contributed by atoms with Crippen LogP contribution in [0.15, 0.2) is 34.0 Å². The zero-order valence-corrected chi connectivity index (χ0v) is 18.1. The van der Waals surface area contributed by atoms with Crippen molar-refractivity contribution in [1.82, 2.24) is 25.2 Å². The van der Waals surface area contributed by atoms with Gasteiger partial charge in [0.1, 0.15) is 0 Å². The van der Waals surface area contributed by atoms with E-state index in [0.717, 1.165) is 55.3 Å². The lowest BCUT2D eigenvalue weighted by Gasteiger charge is -2.36. The first-order valence-electron chi connectivity index (χ1n) is 9.29. The first kappa shape index (κ1) is 20.3. The molecule has 2 aromatic rings. The molecule has 0 radical (unpaired) electrons. The molecule has 0 amide bonds. The fourth-order valence-electron chi connectivity index (χ4n) is 3.05. The molecule has 1 fully saturated rings. The molecule has 3 rings (SSSR count). The van der Waals surface area contributed by atoms with Gasteiger partial charge in [0, 0.05) is 51.7 Å². The smallest absolute Gasteiger partial charge is 0.232 e. The van der Waals surface area contributed by atoms with Crippen LogP contribution >= 0.6 is 15.9 Å². The van der Waals surface area contributed by atoms with Crippen LogP contribution in [-0.4, -0.2) is 72.7 Å². The molecule has 0 unspecified atom stereocenters. The predicted molar refractivity (Wildman–Crippen MR) is 114 cm³/mol. The summed E-state index contributed by atoms with van der Waals surface area (Å²) in [5, 5.41) is 3.45. The molecule has 0 atom stereocenters. The second kappa shape index (κ2) is 9.68. The summed E-state index contributed by atoms with van der Waals surface area (Å²) in [7, 11) is 3.43. The Morgan fingerprint density at radius 1 is 1.21 bits per heavy atom. The minimum atomic E-state index is 0.551. The summed E-state index contributed by atoms with van der Waals surface area (Å²) in [5.41, 5.74) is 2.26. The Labute approximate surface area is 174 Å². The van der Waals surface area contributed by atoms with Gasteiger partial charge in [-0.3, -0.25) is 9.98 Å². The first-order valence-corrected chi connectivity index (χ1v) is 10.1. The predicted octanol–water partition coefficient (Wildman–Crippen LogP) is 1.89. The molecule has 2 aromatic heterocycles. The van der Waals surface area contributed by atoms with E-state index in [2.05, 4.69) is 57.1 Å². The van der Waals surface area contributed by atoms with E-state index in [1.807, 2.05) is 26.2 Å². The number of aryl methyl sites for hydroxylation is 1. The van der Waals surface area contributed by atoms with Gasteiger partial charge in [-0.15, -0.1) is 0 Å². The number of halogens is 1. The van der Waals surface area contributed by atoms with Crippen molar-refractivity contribution < 1.29 is 4.74 Å². The van der Waals surface area contributed by atoms with Crippen LogP contribution in [-0.2, 0) is 6.42 Å². The van der Waals surface area contributed by atoms with Crippen molar-refractivity contribution in [3.05, 3.63) is 40.3 Å². The summed E-state index contributed by atoms with van der Waals surface area (Å²) in [5.74, 6) is 2.17. The third-order valence-electron chi connectivity index (χ3n) is 4.64. The molecule has 0 aliphatic carbocycles. The number of aromatic nitrogens is 3. The molecule has 9 heteroatoms. The molecule has 3 heterocycles. The third-order valence-corrected chi connectivity index (χ3v) is 5.18. The maximum Gasteiger partial charge on any atom is 0.232 e. The fourth-order valence-corrected chi connectivity index (χ4v) is 3.41. The Bertz CT molecular complexity index is 804. The molecule has 1 N–H and O–H groups in total. The number of piperazine rings is 1. The van der Waals surface area contributed by atoms with E-state index in [9.17, 15) is 0 Å². The van der Waals surface area contributed by atoms with Crippen LogP contribution < -0.4 is 15.0 Å². The number of methoxy groups -OCH3 is 1. The number of rotatable bonds is 5. The summed E-state index contributed by atoms with van der Waals surface area (Å²) < 4.78 is 6.03. The van der Waals surface area contributed by atoms with E-state index in [0.29, 0.717) is 11.8 Å². The number of hydrogen-bond donors (Lipinski definition) is 1. The molecule has 0 aromatic carbocycles. The van der Waals surface area contributed by atoms with Crippen LogP contribution in [0.5, 0.6) is 5.88 Å². The van der Waals surface area contributed by atoms with Crippen molar-refractivity contribution in [3.8, 4) is 5.88 Å². The van der Waals surface area contributed by atoms with Crippen LogP contribution in [0.3, 0.4) is 0 Å². The number of anilines is 1. The maximum atomic E-state index is 5.27. The Balaban J connectivity index is 1.50. The lowest BCUT2D eigenvalue weighted by atomic mass is 10.2. The van der Waals surface area contributed by atoms with Gasteiger partial charge in [-0.25, -0.2) is 4.98 Å². The van der Waals surface area contributed by atoms with E-state index in [-0.39, 0.29) is 0 Å². The average molecular weight is 448 g/mol. The fraction of sp³-hybridized carbons (Fsp3) is 0.474. The monoisotopic (exact) mass is 447 g/mol. The van der Waals surface area contributed by atoms with Crippen LogP contribution in [0.4, 0.5) is 5.95 Å². The van der Waals surface area contributed by atoms with Crippen LogP contribution in [0.25, 0.3) is 0 Å². The molecule has 0 saturated carbocycles. The minimum Gasteiger partial charge on any atom is -0.480 e. The summed E-state index contributed by atoms with van der Waals surface area (Å²) >= 11 is 3.39. The van der Waals surface area contributed by atoms with Crippen LogP contribution in [0.1, 0.15) is 11.3 Å². The number of pyridine rings is 1. The summed E-state index contributed by atoms with van der Waals surface area (Å²) in [4.78, 5) is 22.1. The lowest BCUT2D eigenvalue weighted by Crippen LogP contribution is -2.53. The number of nitrogens with one attached hydrogen (secondary N) is 1. The molecule has 1 aliphatic heterocycles. The van der Waals surface area contributed by atoms with Gasteiger partial charge >= 0.3 is 0 Å².